The normalized spacial score (nSPS) is 18.9. The first-order chi connectivity index (χ1) is 19.1. The molecule has 0 radical (unpaired) electrons. The van der Waals surface area contributed by atoms with Crippen LogP contribution in [-0.2, 0) is 9.47 Å². The predicted octanol–water partition coefficient (Wildman–Crippen LogP) is 5.04. The first-order valence-corrected chi connectivity index (χ1v) is 13.8. The van der Waals surface area contributed by atoms with Crippen molar-refractivity contribution in [3.8, 4) is 5.82 Å². The number of nitrogens with one attached hydrogen (secondary N) is 1. The van der Waals surface area contributed by atoms with Gasteiger partial charge in [-0.1, -0.05) is 12.1 Å². The van der Waals surface area contributed by atoms with Crippen molar-refractivity contribution in [2.45, 2.75) is 58.6 Å². The lowest BCUT2D eigenvalue weighted by Gasteiger charge is -2.35. The molecule has 2 aliphatic rings. The van der Waals surface area contributed by atoms with Crippen LogP contribution in [-0.4, -0.2) is 81.5 Å². The average molecular weight is 558 g/mol. The van der Waals surface area contributed by atoms with Crippen molar-refractivity contribution in [1.82, 2.24) is 24.4 Å². The molecule has 0 unspecified atom stereocenters. The van der Waals surface area contributed by atoms with E-state index in [0.717, 1.165) is 12.8 Å². The predicted molar refractivity (Wildman–Crippen MR) is 148 cm³/mol. The lowest BCUT2D eigenvalue weighted by molar-refractivity contribution is 0.0188. The zero-order valence-electron chi connectivity index (χ0n) is 23.4. The number of carbonyl (C=O) groups is 1. The van der Waals surface area contributed by atoms with Gasteiger partial charge in [0.25, 0.3) is 6.43 Å². The summed E-state index contributed by atoms with van der Waals surface area (Å²) < 4.78 is 40.8. The van der Waals surface area contributed by atoms with Gasteiger partial charge in [-0.05, 0) is 58.6 Å². The number of nitrogens with zero attached hydrogens (tertiary/aromatic N) is 6. The summed E-state index contributed by atoms with van der Waals surface area (Å²) in [4.78, 5) is 29.9. The van der Waals surface area contributed by atoms with E-state index >= 15 is 0 Å². The third-order valence-corrected chi connectivity index (χ3v) is 7.19. The summed E-state index contributed by atoms with van der Waals surface area (Å²) in [7, 11) is 0. The number of benzene rings is 1. The van der Waals surface area contributed by atoms with Gasteiger partial charge in [0.2, 0.25) is 5.95 Å². The van der Waals surface area contributed by atoms with Crippen molar-refractivity contribution in [1.29, 1.82) is 0 Å². The molecule has 0 spiro atoms. The number of halogens is 2. The number of amides is 1. The number of fused-ring (bicyclic) bond motifs is 1. The summed E-state index contributed by atoms with van der Waals surface area (Å²) in [6.07, 6.45) is -1.46. The second-order valence-electron chi connectivity index (χ2n) is 11.4. The number of hydrogen-bond donors (Lipinski definition) is 1. The highest BCUT2D eigenvalue weighted by Crippen LogP contribution is 2.30. The van der Waals surface area contributed by atoms with Gasteiger partial charge in [-0.2, -0.15) is 9.97 Å². The fraction of sp³-hybridized carbons (Fsp3) is 0.571. The van der Waals surface area contributed by atoms with Gasteiger partial charge in [0.1, 0.15) is 17.2 Å². The summed E-state index contributed by atoms with van der Waals surface area (Å²) in [5.41, 5.74) is 0.500. The number of aromatic nitrogens is 4. The highest BCUT2D eigenvalue weighted by atomic mass is 19.3. The summed E-state index contributed by atoms with van der Waals surface area (Å²) in [6, 6.07) is 8.86. The number of carbonyl (C=O) groups excluding carboxylic acids is 1. The third-order valence-electron chi connectivity index (χ3n) is 7.19. The minimum Gasteiger partial charge on any atom is -0.444 e. The Bertz CT molecular complexity index is 1340. The lowest BCUT2D eigenvalue weighted by atomic mass is 9.97. The molecule has 40 heavy (non-hydrogen) atoms. The molecule has 2 fully saturated rings. The number of imidazole rings is 1. The summed E-state index contributed by atoms with van der Waals surface area (Å²) in [5, 5.41) is 3.35. The molecule has 12 heteroatoms. The molecule has 2 aromatic heterocycles. The number of alkyl halides is 2. The van der Waals surface area contributed by atoms with Gasteiger partial charge in [0, 0.05) is 32.2 Å². The number of anilines is 2. The van der Waals surface area contributed by atoms with Gasteiger partial charge in [-0.15, -0.1) is 0 Å². The highest BCUT2D eigenvalue weighted by molar-refractivity contribution is 5.78. The minimum absolute atomic E-state index is 0.0654. The van der Waals surface area contributed by atoms with E-state index in [1.54, 1.807) is 35.2 Å². The molecular weight excluding hydrogens is 520 g/mol. The largest absolute Gasteiger partial charge is 0.444 e. The van der Waals surface area contributed by atoms with Crippen LogP contribution in [0.25, 0.3) is 16.9 Å². The second kappa shape index (κ2) is 11.5. The second-order valence-corrected chi connectivity index (χ2v) is 11.4. The Labute approximate surface area is 232 Å². The molecule has 1 N–H and O–H groups in total. The summed E-state index contributed by atoms with van der Waals surface area (Å²) in [5.74, 6) is 1.26. The number of morpholine rings is 1. The maximum absolute atomic E-state index is 14.1. The van der Waals surface area contributed by atoms with Crippen LogP contribution in [0.4, 0.5) is 25.3 Å². The van der Waals surface area contributed by atoms with Crippen LogP contribution in [0.3, 0.4) is 0 Å². The Morgan fingerprint density at radius 3 is 2.55 bits per heavy atom. The standard InChI is InChI=1S/C28H37F2N7O3/c1-18-17-39-14-13-36(18)22-15-23(37-21-8-6-5-7-20(21)32-25(37)24(29)30)34-26(33-22)31-16-19-9-11-35(12-10-19)27(38)40-28(2,3)4/h5-8,15,18-19,24H,9-14,16-17H2,1-4H3,(H,31,33,34)/t18-/m0/s1. The SMILES string of the molecule is C[C@H]1COCCN1c1cc(-n2c(C(F)F)nc3ccccc32)nc(NCC2CCN(C(=O)OC(C)(C)C)CC2)n1. The number of piperidine rings is 1. The minimum atomic E-state index is -2.78. The molecule has 1 atom stereocenters. The molecule has 0 bridgehead atoms. The van der Waals surface area contributed by atoms with E-state index in [-0.39, 0.29) is 18.0 Å². The molecule has 4 heterocycles. The average Bonchev–Trinajstić information content (AvgIpc) is 3.32. The zero-order valence-corrected chi connectivity index (χ0v) is 23.4. The molecular formula is C28H37F2N7O3. The molecule has 1 amide bonds. The van der Waals surface area contributed by atoms with E-state index in [0.29, 0.717) is 73.9 Å². The van der Waals surface area contributed by atoms with Gasteiger partial charge in [-0.3, -0.25) is 4.57 Å². The quantitative estimate of drug-likeness (QED) is 0.451. The fourth-order valence-corrected chi connectivity index (χ4v) is 5.14. The van der Waals surface area contributed by atoms with E-state index < -0.39 is 12.0 Å². The molecule has 216 valence electrons. The van der Waals surface area contributed by atoms with Crippen LogP contribution in [0.1, 0.15) is 52.8 Å². The van der Waals surface area contributed by atoms with Crippen LogP contribution < -0.4 is 10.2 Å². The number of ether oxygens (including phenoxy) is 2. The van der Waals surface area contributed by atoms with E-state index in [2.05, 4.69) is 20.2 Å². The van der Waals surface area contributed by atoms with Gasteiger partial charge in [0.05, 0.1) is 30.3 Å². The first kappa shape index (κ1) is 28.0. The topological polar surface area (TPSA) is 97.6 Å². The van der Waals surface area contributed by atoms with Gasteiger partial charge in [-0.25, -0.2) is 18.6 Å². The van der Waals surface area contributed by atoms with E-state index in [4.69, 9.17) is 14.5 Å². The molecule has 2 saturated heterocycles. The van der Waals surface area contributed by atoms with Crippen molar-refractivity contribution in [3.63, 3.8) is 0 Å². The number of rotatable bonds is 6. The monoisotopic (exact) mass is 557 g/mol. The first-order valence-electron chi connectivity index (χ1n) is 13.8. The number of hydrogen-bond acceptors (Lipinski definition) is 8. The van der Waals surface area contributed by atoms with E-state index in [1.807, 2.05) is 27.7 Å². The molecule has 2 aliphatic heterocycles. The third kappa shape index (κ3) is 6.27. The van der Waals surface area contributed by atoms with Crippen molar-refractivity contribution >= 4 is 28.9 Å². The summed E-state index contributed by atoms with van der Waals surface area (Å²) in [6.45, 7) is 11.2. The summed E-state index contributed by atoms with van der Waals surface area (Å²) >= 11 is 0. The van der Waals surface area contributed by atoms with Crippen LogP contribution in [0.2, 0.25) is 0 Å². The molecule has 3 aromatic rings. The molecule has 0 saturated carbocycles. The van der Waals surface area contributed by atoms with E-state index in [9.17, 15) is 13.6 Å². The van der Waals surface area contributed by atoms with Crippen molar-refractivity contribution in [3.05, 3.63) is 36.2 Å². The van der Waals surface area contributed by atoms with Gasteiger partial charge >= 0.3 is 6.09 Å². The molecule has 10 nitrogen and oxygen atoms in total. The molecule has 5 rings (SSSR count). The van der Waals surface area contributed by atoms with Crippen LogP contribution >= 0.6 is 0 Å². The van der Waals surface area contributed by atoms with Gasteiger partial charge in [0.15, 0.2) is 5.82 Å². The number of likely N-dealkylation sites (tertiary alicyclic amines) is 1. The van der Waals surface area contributed by atoms with Crippen LogP contribution in [0, 0.1) is 5.92 Å². The Morgan fingerprint density at radius 1 is 1.12 bits per heavy atom. The maximum Gasteiger partial charge on any atom is 0.410 e. The fourth-order valence-electron chi connectivity index (χ4n) is 5.14. The zero-order chi connectivity index (χ0) is 28.4. The van der Waals surface area contributed by atoms with Crippen molar-refractivity contribution < 1.29 is 23.0 Å². The molecule has 0 aliphatic carbocycles. The smallest absolute Gasteiger partial charge is 0.410 e. The van der Waals surface area contributed by atoms with Gasteiger partial charge < -0.3 is 24.6 Å². The lowest BCUT2D eigenvalue weighted by Crippen LogP contribution is -2.44. The van der Waals surface area contributed by atoms with Crippen molar-refractivity contribution in [2.24, 2.45) is 5.92 Å². The Balaban J connectivity index is 1.39. The Kier molecular flexibility index (Phi) is 8.07. The maximum atomic E-state index is 14.1. The Hall–Kier alpha value is -3.54. The Morgan fingerprint density at radius 2 is 1.85 bits per heavy atom. The van der Waals surface area contributed by atoms with Crippen molar-refractivity contribution in [2.75, 3.05) is 49.6 Å². The van der Waals surface area contributed by atoms with Crippen LogP contribution in [0.15, 0.2) is 30.3 Å². The number of para-hydroxylation sites is 2. The highest BCUT2D eigenvalue weighted by Gasteiger charge is 2.28. The van der Waals surface area contributed by atoms with Crippen LogP contribution in [0.5, 0.6) is 0 Å². The molecule has 1 aromatic carbocycles. The van der Waals surface area contributed by atoms with E-state index in [1.165, 1.54) is 4.57 Å².